The Morgan fingerprint density at radius 2 is 2.10 bits per heavy atom. The van der Waals surface area contributed by atoms with Crippen LogP contribution in [0.2, 0.25) is 5.02 Å². The summed E-state index contributed by atoms with van der Waals surface area (Å²) in [5, 5.41) is 2.75. The number of hydrogen-bond acceptors (Lipinski definition) is 5. The highest BCUT2D eigenvalue weighted by molar-refractivity contribution is 7.89. The Morgan fingerprint density at radius 3 is 2.67 bits per heavy atom. The third-order valence-electron chi connectivity index (χ3n) is 2.72. The maximum absolute atomic E-state index is 12.1. The second-order valence-corrected chi connectivity index (χ2v) is 6.46. The third-order valence-corrected chi connectivity index (χ3v) is 4.49. The van der Waals surface area contributed by atoms with Crippen molar-refractivity contribution >= 4 is 33.2 Å². The zero-order valence-corrected chi connectivity index (χ0v) is 13.3. The monoisotopic (exact) mass is 335 g/mol. The molecule has 0 aliphatic carbocycles. The van der Waals surface area contributed by atoms with Crippen LogP contribution in [0, 0.1) is 6.92 Å². The molecular weight excluding hydrogens is 318 g/mol. The number of rotatable bonds is 7. The van der Waals surface area contributed by atoms with Crippen molar-refractivity contribution in [2.75, 3.05) is 32.5 Å². The van der Waals surface area contributed by atoms with Crippen molar-refractivity contribution in [1.29, 1.82) is 0 Å². The molecule has 0 fully saturated rings. The van der Waals surface area contributed by atoms with Gasteiger partial charge in [-0.1, -0.05) is 11.6 Å². The molecule has 0 radical (unpaired) electrons. The molecule has 0 saturated carbocycles. The molecule has 0 spiro atoms. The summed E-state index contributed by atoms with van der Waals surface area (Å²) in [5.41, 5.74) is 6.56. The highest BCUT2D eigenvalue weighted by Gasteiger charge is 2.17. The van der Waals surface area contributed by atoms with Gasteiger partial charge in [-0.2, -0.15) is 0 Å². The van der Waals surface area contributed by atoms with E-state index in [0.717, 1.165) is 0 Å². The van der Waals surface area contributed by atoms with Gasteiger partial charge in [-0.3, -0.25) is 4.79 Å². The molecular formula is C12H18ClN3O4S. The van der Waals surface area contributed by atoms with E-state index in [4.69, 9.17) is 22.1 Å². The topological polar surface area (TPSA) is 111 Å². The molecule has 0 saturated heterocycles. The van der Waals surface area contributed by atoms with Gasteiger partial charge in [0, 0.05) is 24.4 Å². The summed E-state index contributed by atoms with van der Waals surface area (Å²) in [7, 11) is -2.35. The molecule has 9 heteroatoms. The normalized spacial score (nSPS) is 11.4. The fourth-order valence-electron chi connectivity index (χ4n) is 1.43. The maximum atomic E-state index is 12.1. The second-order valence-electron chi connectivity index (χ2n) is 4.29. The van der Waals surface area contributed by atoms with Crippen LogP contribution in [0.5, 0.6) is 0 Å². The Kier molecular flexibility index (Phi) is 6.41. The summed E-state index contributed by atoms with van der Waals surface area (Å²) in [6, 6.07) is 2.59. The molecule has 0 aliphatic rings. The van der Waals surface area contributed by atoms with Crippen LogP contribution in [-0.2, 0) is 19.6 Å². The lowest BCUT2D eigenvalue weighted by molar-refractivity contribution is -0.120. The van der Waals surface area contributed by atoms with E-state index in [2.05, 4.69) is 10.0 Å². The van der Waals surface area contributed by atoms with Crippen molar-refractivity contribution in [3.63, 3.8) is 0 Å². The standard InChI is InChI=1S/C12H18ClN3O4S/c1-8-10(13)5-9(6-11(8)14)21(18,19)16-7-12(17)15-3-4-20-2/h5-6,16H,3-4,7,14H2,1-2H3,(H,15,17). The molecule has 118 valence electrons. The second kappa shape index (κ2) is 7.60. The van der Waals surface area contributed by atoms with Gasteiger partial charge in [0.1, 0.15) is 0 Å². The number of carbonyl (C=O) groups excluding carboxylic acids is 1. The quantitative estimate of drug-likeness (QED) is 0.489. The minimum Gasteiger partial charge on any atom is -0.398 e. The van der Waals surface area contributed by atoms with E-state index in [1.165, 1.54) is 19.2 Å². The van der Waals surface area contributed by atoms with Gasteiger partial charge in [0.25, 0.3) is 0 Å². The van der Waals surface area contributed by atoms with Gasteiger partial charge in [-0.15, -0.1) is 0 Å². The van der Waals surface area contributed by atoms with E-state index in [1.807, 2.05) is 0 Å². The molecule has 0 aliphatic heterocycles. The van der Waals surface area contributed by atoms with E-state index < -0.39 is 15.9 Å². The van der Waals surface area contributed by atoms with E-state index in [-0.39, 0.29) is 22.2 Å². The van der Waals surface area contributed by atoms with Gasteiger partial charge in [0.15, 0.2) is 0 Å². The number of sulfonamides is 1. The number of methoxy groups -OCH3 is 1. The molecule has 0 unspecified atom stereocenters. The fraction of sp³-hybridized carbons (Fsp3) is 0.417. The molecule has 4 N–H and O–H groups in total. The predicted octanol–water partition coefficient (Wildman–Crippen LogP) is 0.272. The first kappa shape index (κ1) is 17.7. The number of ether oxygens (including phenoxy) is 1. The van der Waals surface area contributed by atoms with Crippen LogP contribution in [0.1, 0.15) is 5.56 Å². The number of nitrogens with two attached hydrogens (primary N) is 1. The molecule has 0 heterocycles. The van der Waals surface area contributed by atoms with Gasteiger partial charge in [-0.25, -0.2) is 13.1 Å². The summed E-state index contributed by atoms with van der Waals surface area (Å²) >= 11 is 5.91. The predicted molar refractivity (Wildman–Crippen MR) is 80.7 cm³/mol. The number of nitrogen functional groups attached to an aromatic ring is 1. The fourth-order valence-corrected chi connectivity index (χ4v) is 2.76. The number of hydrogen-bond donors (Lipinski definition) is 3. The average molecular weight is 336 g/mol. The summed E-state index contributed by atoms with van der Waals surface area (Å²) in [5.74, 6) is -0.457. The number of nitrogens with one attached hydrogen (secondary N) is 2. The van der Waals surface area contributed by atoms with Gasteiger partial charge in [0.05, 0.1) is 18.0 Å². The van der Waals surface area contributed by atoms with Crippen LogP contribution in [0.3, 0.4) is 0 Å². The van der Waals surface area contributed by atoms with E-state index >= 15 is 0 Å². The Bertz CT molecular complexity index is 596. The Labute approximate surface area is 128 Å². The van der Waals surface area contributed by atoms with Crippen LogP contribution in [0.25, 0.3) is 0 Å². The molecule has 0 atom stereocenters. The Hall–Kier alpha value is -1.35. The first-order valence-corrected chi connectivity index (χ1v) is 7.95. The number of benzene rings is 1. The molecule has 0 aromatic heterocycles. The third kappa shape index (κ3) is 5.16. The van der Waals surface area contributed by atoms with Gasteiger partial charge in [0.2, 0.25) is 15.9 Å². The number of anilines is 1. The van der Waals surface area contributed by atoms with Gasteiger partial charge < -0.3 is 15.8 Å². The lowest BCUT2D eigenvalue weighted by atomic mass is 10.2. The van der Waals surface area contributed by atoms with Gasteiger partial charge >= 0.3 is 0 Å². The average Bonchev–Trinajstić information content (AvgIpc) is 2.42. The summed E-state index contributed by atoms with van der Waals surface area (Å²) in [6.45, 7) is 1.96. The Balaban J connectivity index is 2.72. The van der Waals surface area contributed by atoms with Crippen LogP contribution in [0.4, 0.5) is 5.69 Å². The van der Waals surface area contributed by atoms with Crippen LogP contribution < -0.4 is 15.8 Å². The van der Waals surface area contributed by atoms with Crippen molar-refractivity contribution in [2.24, 2.45) is 0 Å². The van der Waals surface area contributed by atoms with Crippen LogP contribution in [0.15, 0.2) is 17.0 Å². The van der Waals surface area contributed by atoms with Crippen LogP contribution >= 0.6 is 11.6 Å². The molecule has 1 aromatic rings. The molecule has 1 amide bonds. The molecule has 1 rings (SSSR count). The van der Waals surface area contributed by atoms with Crippen molar-refractivity contribution in [3.8, 4) is 0 Å². The highest BCUT2D eigenvalue weighted by atomic mass is 35.5. The number of amides is 1. The number of halogens is 1. The lowest BCUT2D eigenvalue weighted by Crippen LogP contribution is -2.38. The van der Waals surface area contributed by atoms with Crippen molar-refractivity contribution < 1.29 is 17.9 Å². The molecule has 7 nitrogen and oxygen atoms in total. The summed E-state index contributed by atoms with van der Waals surface area (Å²) in [6.07, 6.45) is 0. The smallest absolute Gasteiger partial charge is 0.241 e. The van der Waals surface area contributed by atoms with E-state index in [9.17, 15) is 13.2 Å². The SMILES string of the molecule is COCCNC(=O)CNS(=O)(=O)c1cc(N)c(C)c(Cl)c1. The first-order chi connectivity index (χ1) is 9.77. The largest absolute Gasteiger partial charge is 0.398 e. The van der Waals surface area contributed by atoms with E-state index in [1.54, 1.807) is 6.92 Å². The Morgan fingerprint density at radius 1 is 1.43 bits per heavy atom. The zero-order chi connectivity index (χ0) is 16.0. The van der Waals surface area contributed by atoms with Gasteiger partial charge in [-0.05, 0) is 24.6 Å². The minimum absolute atomic E-state index is 0.0831. The highest BCUT2D eigenvalue weighted by Crippen LogP contribution is 2.25. The lowest BCUT2D eigenvalue weighted by Gasteiger charge is -2.10. The minimum atomic E-state index is -3.85. The summed E-state index contributed by atoms with van der Waals surface area (Å²) < 4.78 is 31.0. The van der Waals surface area contributed by atoms with Crippen LogP contribution in [-0.4, -0.2) is 41.1 Å². The summed E-state index contributed by atoms with van der Waals surface area (Å²) in [4.78, 5) is 11.4. The van der Waals surface area contributed by atoms with E-state index in [0.29, 0.717) is 18.7 Å². The maximum Gasteiger partial charge on any atom is 0.241 e. The molecule has 1 aromatic carbocycles. The molecule has 21 heavy (non-hydrogen) atoms. The zero-order valence-electron chi connectivity index (χ0n) is 11.8. The number of carbonyl (C=O) groups is 1. The van der Waals surface area contributed by atoms with Crippen molar-refractivity contribution in [1.82, 2.24) is 10.0 Å². The first-order valence-electron chi connectivity index (χ1n) is 6.09. The van der Waals surface area contributed by atoms with Crippen molar-refractivity contribution in [3.05, 3.63) is 22.7 Å². The molecule has 0 bridgehead atoms. The van der Waals surface area contributed by atoms with Crippen molar-refractivity contribution in [2.45, 2.75) is 11.8 Å².